The molecule has 0 radical (unpaired) electrons. The van der Waals surface area contributed by atoms with E-state index in [9.17, 15) is 18.0 Å². The van der Waals surface area contributed by atoms with Gasteiger partial charge in [0.05, 0.1) is 6.61 Å². The van der Waals surface area contributed by atoms with Crippen molar-refractivity contribution in [2.45, 2.75) is 12.5 Å². The minimum atomic E-state index is -1.11. The van der Waals surface area contributed by atoms with Crippen LogP contribution in [0.3, 0.4) is 0 Å². The Morgan fingerprint density at radius 2 is 1.87 bits per heavy atom. The molecule has 2 aromatic carbocycles. The van der Waals surface area contributed by atoms with Crippen molar-refractivity contribution in [3.05, 3.63) is 58.9 Å². The van der Waals surface area contributed by atoms with E-state index in [0.717, 1.165) is 18.2 Å². The topological polar surface area (TPSA) is 64.3 Å². The van der Waals surface area contributed by atoms with Crippen LogP contribution < -0.4 is 15.8 Å². The van der Waals surface area contributed by atoms with Gasteiger partial charge < -0.3 is 15.8 Å². The van der Waals surface area contributed by atoms with Gasteiger partial charge in [0.1, 0.15) is 17.1 Å². The van der Waals surface area contributed by atoms with E-state index in [4.69, 9.17) is 10.5 Å². The number of halogens is 3. The summed E-state index contributed by atoms with van der Waals surface area (Å²) in [6, 6.07) is 5.11. The minimum absolute atomic E-state index is 0.00557. The van der Waals surface area contributed by atoms with E-state index in [1.54, 1.807) is 0 Å². The molecule has 1 amide bonds. The van der Waals surface area contributed by atoms with Crippen molar-refractivity contribution in [2.75, 3.05) is 11.9 Å². The SMILES string of the molecule is NC1CCOc2c1ccc(F)c2C(=O)Nc1ccc(F)c(F)c1. The molecule has 0 saturated heterocycles. The van der Waals surface area contributed by atoms with Crippen LogP contribution in [0.1, 0.15) is 28.4 Å². The molecule has 4 nitrogen and oxygen atoms in total. The molecule has 0 fully saturated rings. The van der Waals surface area contributed by atoms with Crippen molar-refractivity contribution in [2.24, 2.45) is 5.73 Å². The van der Waals surface area contributed by atoms with Crippen molar-refractivity contribution < 1.29 is 22.7 Å². The lowest BCUT2D eigenvalue weighted by Gasteiger charge is -2.25. The van der Waals surface area contributed by atoms with Gasteiger partial charge >= 0.3 is 0 Å². The third-order valence-corrected chi connectivity index (χ3v) is 3.62. The van der Waals surface area contributed by atoms with Gasteiger partial charge in [-0.05, 0) is 18.2 Å². The highest BCUT2D eigenvalue weighted by Gasteiger charge is 2.27. The highest BCUT2D eigenvalue weighted by atomic mass is 19.2. The lowest BCUT2D eigenvalue weighted by molar-refractivity contribution is 0.101. The zero-order valence-electron chi connectivity index (χ0n) is 11.9. The van der Waals surface area contributed by atoms with E-state index in [1.165, 1.54) is 12.1 Å². The Kier molecular flexibility index (Phi) is 3.96. The highest BCUT2D eigenvalue weighted by Crippen LogP contribution is 2.35. The zero-order chi connectivity index (χ0) is 16.6. The molecule has 120 valence electrons. The first-order chi connectivity index (χ1) is 11.0. The average Bonchev–Trinajstić information content (AvgIpc) is 2.51. The van der Waals surface area contributed by atoms with Gasteiger partial charge in [0, 0.05) is 29.8 Å². The molecular formula is C16H13F3N2O2. The predicted octanol–water partition coefficient (Wildman–Crippen LogP) is 3.14. The smallest absolute Gasteiger partial charge is 0.262 e. The number of benzene rings is 2. The number of carbonyl (C=O) groups excluding carboxylic acids is 1. The molecule has 0 aliphatic carbocycles. The molecule has 1 aliphatic rings. The third kappa shape index (κ3) is 2.87. The number of ether oxygens (including phenoxy) is 1. The quantitative estimate of drug-likeness (QED) is 0.893. The van der Waals surface area contributed by atoms with Gasteiger partial charge in [-0.25, -0.2) is 13.2 Å². The normalized spacial score (nSPS) is 16.4. The average molecular weight is 322 g/mol. The van der Waals surface area contributed by atoms with Gasteiger partial charge in [0.2, 0.25) is 0 Å². The molecule has 0 spiro atoms. The van der Waals surface area contributed by atoms with E-state index >= 15 is 0 Å². The number of anilines is 1. The van der Waals surface area contributed by atoms with Crippen molar-refractivity contribution >= 4 is 11.6 Å². The molecule has 1 aliphatic heterocycles. The Labute approximate surface area is 130 Å². The number of nitrogens with two attached hydrogens (primary N) is 1. The second kappa shape index (κ2) is 5.92. The van der Waals surface area contributed by atoms with E-state index in [2.05, 4.69) is 5.32 Å². The number of rotatable bonds is 2. The summed E-state index contributed by atoms with van der Waals surface area (Å²) in [5.41, 5.74) is 6.17. The number of nitrogens with one attached hydrogen (secondary N) is 1. The summed E-state index contributed by atoms with van der Waals surface area (Å²) in [4.78, 5) is 12.3. The summed E-state index contributed by atoms with van der Waals surface area (Å²) in [6.07, 6.45) is 0.558. The minimum Gasteiger partial charge on any atom is -0.492 e. The maximum Gasteiger partial charge on any atom is 0.262 e. The largest absolute Gasteiger partial charge is 0.492 e. The molecule has 1 heterocycles. The maximum absolute atomic E-state index is 14.1. The van der Waals surface area contributed by atoms with Crippen LogP contribution in [0, 0.1) is 17.5 Å². The molecule has 0 bridgehead atoms. The lowest BCUT2D eigenvalue weighted by Crippen LogP contribution is -2.24. The van der Waals surface area contributed by atoms with Crippen LogP contribution in [0.25, 0.3) is 0 Å². The number of fused-ring (bicyclic) bond motifs is 1. The molecule has 0 saturated carbocycles. The number of amides is 1. The van der Waals surface area contributed by atoms with Crippen LogP contribution in [0.2, 0.25) is 0 Å². The van der Waals surface area contributed by atoms with E-state index < -0.39 is 23.4 Å². The van der Waals surface area contributed by atoms with Crippen molar-refractivity contribution in [1.29, 1.82) is 0 Å². The fourth-order valence-electron chi connectivity index (χ4n) is 2.44. The first kappa shape index (κ1) is 15.4. The third-order valence-electron chi connectivity index (χ3n) is 3.62. The zero-order valence-corrected chi connectivity index (χ0v) is 11.9. The van der Waals surface area contributed by atoms with Gasteiger partial charge in [-0.1, -0.05) is 6.07 Å². The molecule has 3 N–H and O–H groups in total. The van der Waals surface area contributed by atoms with Gasteiger partial charge in [-0.15, -0.1) is 0 Å². The Morgan fingerprint density at radius 1 is 1.13 bits per heavy atom. The van der Waals surface area contributed by atoms with Crippen LogP contribution in [-0.4, -0.2) is 12.5 Å². The van der Waals surface area contributed by atoms with E-state index in [0.29, 0.717) is 12.0 Å². The Hall–Kier alpha value is -2.54. The number of carbonyl (C=O) groups is 1. The standard InChI is InChI=1S/C16H13F3N2O2/c17-10-3-1-8(7-12(10)19)21-16(22)14-11(18)4-2-9-13(20)5-6-23-15(9)14/h1-4,7,13H,5-6,20H2,(H,21,22). The Bertz CT molecular complexity index is 780. The monoisotopic (exact) mass is 322 g/mol. The van der Waals surface area contributed by atoms with Crippen LogP contribution in [0.5, 0.6) is 5.75 Å². The summed E-state index contributed by atoms with van der Waals surface area (Å²) in [5.74, 6) is -3.67. The molecule has 2 aromatic rings. The van der Waals surface area contributed by atoms with Gasteiger partial charge in [-0.3, -0.25) is 4.79 Å². The van der Waals surface area contributed by atoms with Gasteiger partial charge in [0.15, 0.2) is 11.6 Å². The molecule has 7 heteroatoms. The first-order valence-corrected chi connectivity index (χ1v) is 6.94. The fourth-order valence-corrected chi connectivity index (χ4v) is 2.44. The van der Waals surface area contributed by atoms with E-state index in [-0.39, 0.29) is 29.6 Å². The van der Waals surface area contributed by atoms with Crippen molar-refractivity contribution in [3.8, 4) is 5.75 Å². The second-order valence-electron chi connectivity index (χ2n) is 5.17. The van der Waals surface area contributed by atoms with Crippen LogP contribution in [0.4, 0.5) is 18.9 Å². The maximum atomic E-state index is 14.1. The molecule has 1 atom stereocenters. The molecule has 1 unspecified atom stereocenters. The molecule has 23 heavy (non-hydrogen) atoms. The summed E-state index contributed by atoms with van der Waals surface area (Å²) < 4.78 is 45.6. The highest BCUT2D eigenvalue weighted by molar-refractivity contribution is 6.06. The van der Waals surface area contributed by atoms with E-state index in [1.807, 2.05) is 0 Å². The molecule has 0 aromatic heterocycles. The Balaban J connectivity index is 1.96. The summed E-state index contributed by atoms with van der Waals surface area (Å²) >= 11 is 0. The molecule has 3 rings (SSSR count). The second-order valence-corrected chi connectivity index (χ2v) is 5.17. The summed E-state index contributed by atoms with van der Waals surface area (Å²) in [7, 11) is 0. The number of hydrogen-bond acceptors (Lipinski definition) is 3. The lowest BCUT2D eigenvalue weighted by atomic mass is 9.97. The van der Waals surface area contributed by atoms with Gasteiger partial charge in [-0.2, -0.15) is 0 Å². The van der Waals surface area contributed by atoms with Gasteiger partial charge in [0.25, 0.3) is 5.91 Å². The van der Waals surface area contributed by atoms with Crippen molar-refractivity contribution in [1.82, 2.24) is 0 Å². The fraction of sp³-hybridized carbons (Fsp3) is 0.188. The number of hydrogen-bond donors (Lipinski definition) is 2. The van der Waals surface area contributed by atoms with Crippen molar-refractivity contribution in [3.63, 3.8) is 0 Å². The Morgan fingerprint density at radius 3 is 2.61 bits per heavy atom. The summed E-state index contributed by atoms with van der Waals surface area (Å²) in [5, 5.41) is 2.33. The van der Waals surface area contributed by atoms with Crippen LogP contribution in [-0.2, 0) is 0 Å². The molecular weight excluding hydrogens is 309 g/mol. The van der Waals surface area contributed by atoms with Crippen LogP contribution >= 0.6 is 0 Å². The first-order valence-electron chi connectivity index (χ1n) is 6.94. The van der Waals surface area contributed by atoms with Crippen LogP contribution in [0.15, 0.2) is 30.3 Å². The summed E-state index contributed by atoms with van der Waals surface area (Å²) in [6.45, 7) is 0.267. The predicted molar refractivity (Wildman–Crippen MR) is 77.8 cm³/mol.